The van der Waals surface area contributed by atoms with Crippen molar-refractivity contribution >= 4 is 5.78 Å². The highest BCUT2D eigenvalue weighted by molar-refractivity contribution is 5.80. The zero-order valence-corrected chi connectivity index (χ0v) is 6.65. The van der Waals surface area contributed by atoms with Crippen LogP contribution in [0, 0.1) is 0 Å². The van der Waals surface area contributed by atoms with E-state index >= 15 is 0 Å². The van der Waals surface area contributed by atoms with Crippen LogP contribution in [0.15, 0.2) is 0 Å². The van der Waals surface area contributed by atoms with Gasteiger partial charge in [0.25, 0.3) is 0 Å². The molecular weight excluding hydrogens is 140 g/mol. The van der Waals surface area contributed by atoms with Crippen molar-refractivity contribution < 1.29 is 4.79 Å². The molecule has 2 fully saturated rings. The molecule has 2 aliphatic rings. The Morgan fingerprint density at radius 2 is 2.27 bits per heavy atom. The summed E-state index contributed by atoms with van der Waals surface area (Å²) in [4.78, 5) is 11.2. The summed E-state index contributed by atoms with van der Waals surface area (Å²) in [5.74, 6) is 0.424. The zero-order chi connectivity index (χ0) is 7.73. The van der Waals surface area contributed by atoms with E-state index in [0.29, 0.717) is 5.78 Å². The second-order valence-corrected chi connectivity index (χ2v) is 3.65. The second-order valence-electron chi connectivity index (χ2n) is 3.65. The van der Waals surface area contributed by atoms with Gasteiger partial charge in [0.2, 0.25) is 0 Å². The molecule has 1 heterocycles. The van der Waals surface area contributed by atoms with E-state index in [1.54, 1.807) is 0 Å². The van der Waals surface area contributed by atoms with Crippen LogP contribution in [0.2, 0.25) is 0 Å². The minimum Gasteiger partial charge on any atom is -0.300 e. The summed E-state index contributed by atoms with van der Waals surface area (Å²) >= 11 is 0. The number of rotatable bonds is 0. The van der Waals surface area contributed by atoms with E-state index in [-0.39, 0.29) is 5.54 Å². The van der Waals surface area contributed by atoms with Crippen molar-refractivity contribution in [3.63, 3.8) is 0 Å². The number of Topliss-reactive ketones (excluding diaryl/α,β-unsaturated/α-hetero) is 1. The molecule has 1 saturated heterocycles. The largest absolute Gasteiger partial charge is 0.300 e. The molecule has 1 spiro atoms. The maximum Gasteiger partial charge on any atom is 0.134 e. The third-order valence-corrected chi connectivity index (χ3v) is 2.73. The SMILES string of the molecule is O=C1CCCC2(CCNN2)C1. The van der Waals surface area contributed by atoms with Crippen molar-refractivity contribution in [2.45, 2.75) is 37.6 Å². The van der Waals surface area contributed by atoms with E-state index in [1.165, 1.54) is 0 Å². The molecule has 1 atom stereocenters. The van der Waals surface area contributed by atoms with Crippen LogP contribution in [-0.4, -0.2) is 17.9 Å². The summed E-state index contributed by atoms with van der Waals surface area (Å²) in [6.07, 6.45) is 4.86. The minimum atomic E-state index is 0.134. The average Bonchev–Trinajstić information content (AvgIpc) is 2.37. The Labute approximate surface area is 66.5 Å². The number of hydrogen-bond donors (Lipinski definition) is 2. The second kappa shape index (κ2) is 2.57. The third-order valence-electron chi connectivity index (χ3n) is 2.73. The van der Waals surface area contributed by atoms with E-state index in [1.807, 2.05) is 0 Å². The molecule has 1 aliphatic heterocycles. The van der Waals surface area contributed by atoms with Gasteiger partial charge in [-0.3, -0.25) is 15.6 Å². The van der Waals surface area contributed by atoms with Crippen LogP contribution in [0.1, 0.15) is 32.1 Å². The van der Waals surface area contributed by atoms with E-state index in [4.69, 9.17) is 0 Å². The lowest BCUT2D eigenvalue weighted by Crippen LogP contribution is -2.47. The van der Waals surface area contributed by atoms with E-state index in [0.717, 1.165) is 38.6 Å². The fourth-order valence-electron chi connectivity index (χ4n) is 2.11. The van der Waals surface area contributed by atoms with Gasteiger partial charge in [-0.15, -0.1) is 0 Å². The number of hydrogen-bond acceptors (Lipinski definition) is 3. The van der Waals surface area contributed by atoms with Crippen LogP contribution in [-0.2, 0) is 4.79 Å². The fourth-order valence-corrected chi connectivity index (χ4v) is 2.11. The highest BCUT2D eigenvalue weighted by Gasteiger charge is 2.37. The normalized spacial score (nSPS) is 38.4. The first kappa shape index (κ1) is 7.25. The molecular formula is C8H14N2O. The van der Waals surface area contributed by atoms with Crippen LogP contribution in [0.4, 0.5) is 0 Å². The molecule has 3 nitrogen and oxygen atoms in total. The van der Waals surface area contributed by atoms with Gasteiger partial charge in [-0.2, -0.15) is 0 Å². The summed E-state index contributed by atoms with van der Waals surface area (Å²) in [6.45, 7) is 1.01. The average molecular weight is 154 g/mol. The highest BCUT2D eigenvalue weighted by Crippen LogP contribution is 2.30. The molecule has 2 N–H and O–H groups in total. The first-order valence-corrected chi connectivity index (χ1v) is 4.33. The molecule has 62 valence electrons. The fraction of sp³-hybridized carbons (Fsp3) is 0.875. The highest BCUT2D eigenvalue weighted by atomic mass is 16.1. The van der Waals surface area contributed by atoms with Crippen LogP contribution >= 0.6 is 0 Å². The van der Waals surface area contributed by atoms with Crippen molar-refractivity contribution in [3.8, 4) is 0 Å². The smallest absolute Gasteiger partial charge is 0.134 e. The molecule has 3 heteroatoms. The Hall–Kier alpha value is -0.410. The standard InChI is InChI=1S/C8H14N2O/c11-7-2-1-3-8(6-7)4-5-9-10-8/h9-10H,1-6H2. The van der Waals surface area contributed by atoms with Crippen LogP contribution in [0.3, 0.4) is 0 Å². The van der Waals surface area contributed by atoms with Crippen LogP contribution in [0.5, 0.6) is 0 Å². The lowest BCUT2D eigenvalue weighted by molar-refractivity contribution is -0.122. The number of hydrazine groups is 1. The molecule has 1 aliphatic carbocycles. The van der Waals surface area contributed by atoms with Gasteiger partial charge in [0, 0.05) is 24.9 Å². The maximum atomic E-state index is 11.2. The van der Waals surface area contributed by atoms with Crippen molar-refractivity contribution in [2.24, 2.45) is 0 Å². The first-order valence-electron chi connectivity index (χ1n) is 4.33. The Kier molecular flexibility index (Phi) is 1.69. The monoisotopic (exact) mass is 154 g/mol. The minimum absolute atomic E-state index is 0.134. The molecule has 11 heavy (non-hydrogen) atoms. The predicted octanol–water partition coefficient (Wildman–Crippen LogP) is 0.366. The Balaban J connectivity index is 2.05. The van der Waals surface area contributed by atoms with Gasteiger partial charge in [-0.05, 0) is 19.3 Å². The van der Waals surface area contributed by atoms with Gasteiger partial charge < -0.3 is 0 Å². The molecule has 0 radical (unpaired) electrons. The molecule has 1 saturated carbocycles. The molecule has 0 aromatic rings. The maximum absolute atomic E-state index is 11.2. The number of ketones is 1. The number of nitrogens with one attached hydrogen (secondary N) is 2. The summed E-state index contributed by atoms with van der Waals surface area (Å²) in [5, 5.41) is 0. The molecule has 0 aromatic carbocycles. The van der Waals surface area contributed by atoms with Gasteiger partial charge in [-0.25, -0.2) is 0 Å². The predicted molar refractivity (Wildman–Crippen MR) is 42.0 cm³/mol. The summed E-state index contributed by atoms with van der Waals surface area (Å²) < 4.78 is 0. The summed E-state index contributed by atoms with van der Waals surface area (Å²) in [5.41, 5.74) is 6.47. The van der Waals surface area contributed by atoms with Crippen molar-refractivity contribution in [1.29, 1.82) is 0 Å². The molecule has 0 aromatic heterocycles. The Morgan fingerprint density at radius 3 is 2.91 bits per heavy atom. The third kappa shape index (κ3) is 1.30. The number of carbonyl (C=O) groups is 1. The zero-order valence-electron chi connectivity index (χ0n) is 6.65. The van der Waals surface area contributed by atoms with Crippen molar-refractivity contribution in [1.82, 2.24) is 10.9 Å². The summed E-state index contributed by atoms with van der Waals surface area (Å²) in [7, 11) is 0. The lowest BCUT2D eigenvalue weighted by Gasteiger charge is -2.31. The van der Waals surface area contributed by atoms with Gasteiger partial charge in [0.05, 0.1) is 0 Å². The molecule has 0 bridgehead atoms. The molecule has 2 rings (SSSR count). The topological polar surface area (TPSA) is 41.1 Å². The van der Waals surface area contributed by atoms with Crippen LogP contribution in [0.25, 0.3) is 0 Å². The van der Waals surface area contributed by atoms with Gasteiger partial charge in [0.1, 0.15) is 5.78 Å². The lowest BCUT2D eigenvalue weighted by atomic mass is 9.80. The van der Waals surface area contributed by atoms with Gasteiger partial charge >= 0.3 is 0 Å². The van der Waals surface area contributed by atoms with Crippen LogP contribution < -0.4 is 10.9 Å². The molecule has 1 unspecified atom stereocenters. The Morgan fingerprint density at radius 1 is 1.36 bits per heavy atom. The quantitative estimate of drug-likeness (QED) is 0.529. The van der Waals surface area contributed by atoms with Gasteiger partial charge in [0.15, 0.2) is 0 Å². The van der Waals surface area contributed by atoms with E-state index in [2.05, 4.69) is 10.9 Å². The van der Waals surface area contributed by atoms with E-state index < -0.39 is 0 Å². The summed E-state index contributed by atoms with van der Waals surface area (Å²) in [6, 6.07) is 0. The number of carbonyl (C=O) groups excluding carboxylic acids is 1. The van der Waals surface area contributed by atoms with Crippen molar-refractivity contribution in [2.75, 3.05) is 6.54 Å². The first-order chi connectivity index (χ1) is 5.31. The van der Waals surface area contributed by atoms with E-state index in [9.17, 15) is 4.79 Å². The molecule has 0 amide bonds. The van der Waals surface area contributed by atoms with Crippen molar-refractivity contribution in [3.05, 3.63) is 0 Å². The Bertz CT molecular complexity index is 173. The van der Waals surface area contributed by atoms with Gasteiger partial charge in [-0.1, -0.05) is 0 Å².